The highest BCUT2D eigenvalue weighted by Crippen LogP contribution is 2.24. The third-order valence-corrected chi connectivity index (χ3v) is 5.36. The molecule has 0 amide bonds. The third kappa shape index (κ3) is 3.45. The van der Waals surface area contributed by atoms with Gasteiger partial charge in [0.1, 0.15) is 6.61 Å². The molecule has 0 aliphatic carbocycles. The average molecular weight is 505 g/mol. The molecule has 4 aromatic rings. The Bertz CT molecular complexity index is 1220. The van der Waals surface area contributed by atoms with E-state index in [1.165, 1.54) is 4.73 Å². The molecule has 0 aliphatic rings. The van der Waals surface area contributed by atoms with Gasteiger partial charge in [0.05, 0.1) is 10.6 Å². The van der Waals surface area contributed by atoms with E-state index in [0.29, 0.717) is 26.3 Å². The summed E-state index contributed by atoms with van der Waals surface area (Å²) in [6.07, 6.45) is 0. The molecule has 1 aromatic heterocycles. The first-order valence-corrected chi connectivity index (χ1v) is 9.92. The molecule has 7 heteroatoms. The molecule has 0 N–H and O–H groups in total. The maximum atomic E-state index is 13.2. The van der Waals surface area contributed by atoms with Crippen LogP contribution in [0.5, 0.6) is 0 Å². The lowest BCUT2D eigenvalue weighted by molar-refractivity contribution is -0.566. The standard InChI is InChI=1S/C21H14ClIN2O3/c22-17-6-2-1-5-16(17)20-21(26)25(19-8-4-3-7-18(19)24(20)27)28-13-14-9-11-15(23)12-10-14/h1-12H,13H2. The Balaban J connectivity index is 1.89. The molecule has 4 rings (SSSR count). The minimum absolute atomic E-state index is 0.0769. The highest BCUT2D eigenvalue weighted by atomic mass is 127. The maximum absolute atomic E-state index is 13.2. The van der Waals surface area contributed by atoms with Gasteiger partial charge in [-0.15, -0.1) is 4.73 Å². The largest absolute Gasteiger partial charge is 0.618 e. The van der Waals surface area contributed by atoms with Gasteiger partial charge in [0, 0.05) is 9.64 Å². The van der Waals surface area contributed by atoms with Crippen LogP contribution in [0.3, 0.4) is 0 Å². The third-order valence-electron chi connectivity index (χ3n) is 4.31. The van der Waals surface area contributed by atoms with Gasteiger partial charge in [-0.1, -0.05) is 48.0 Å². The fourth-order valence-corrected chi connectivity index (χ4v) is 3.53. The zero-order valence-electron chi connectivity index (χ0n) is 14.5. The number of fused-ring (bicyclic) bond motifs is 1. The minimum atomic E-state index is -0.563. The Hall–Kier alpha value is -2.58. The van der Waals surface area contributed by atoms with E-state index in [1.807, 2.05) is 24.3 Å². The van der Waals surface area contributed by atoms with Crippen molar-refractivity contribution in [2.75, 3.05) is 0 Å². The van der Waals surface area contributed by atoms with E-state index < -0.39 is 5.56 Å². The summed E-state index contributed by atoms with van der Waals surface area (Å²) in [4.78, 5) is 19.0. The van der Waals surface area contributed by atoms with Crippen LogP contribution in [0, 0.1) is 8.78 Å². The van der Waals surface area contributed by atoms with E-state index in [2.05, 4.69) is 22.6 Å². The maximum Gasteiger partial charge on any atom is 0.357 e. The van der Waals surface area contributed by atoms with Crippen molar-refractivity contribution in [3.8, 4) is 11.3 Å². The molecule has 0 radical (unpaired) electrons. The van der Waals surface area contributed by atoms with Crippen LogP contribution < -0.4 is 15.1 Å². The van der Waals surface area contributed by atoms with Crippen molar-refractivity contribution >= 4 is 45.2 Å². The number of aromatic nitrogens is 2. The second kappa shape index (κ2) is 7.81. The first-order valence-electron chi connectivity index (χ1n) is 8.46. The first-order chi connectivity index (χ1) is 13.6. The fraction of sp³-hybridized carbons (Fsp3) is 0.0476. The summed E-state index contributed by atoms with van der Waals surface area (Å²) < 4.78 is 2.89. The van der Waals surface area contributed by atoms with Crippen molar-refractivity contribution in [2.24, 2.45) is 0 Å². The zero-order valence-corrected chi connectivity index (χ0v) is 17.4. The van der Waals surface area contributed by atoms with E-state index >= 15 is 0 Å². The van der Waals surface area contributed by atoms with Crippen molar-refractivity contribution in [1.29, 1.82) is 0 Å². The molecular formula is C21H14ClIN2O3. The van der Waals surface area contributed by atoms with Gasteiger partial charge >= 0.3 is 5.56 Å². The molecule has 28 heavy (non-hydrogen) atoms. The van der Waals surface area contributed by atoms with E-state index in [0.717, 1.165) is 9.13 Å². The van der Waals surface area contributed by atoms with Gasteiger partial charge in [-0.2, -0.15) is 4.73 Å². The van der Waals surface area contributed by atoms with Crippen LogP contribution >= 0.6 is 34.2 Å². The molecule has 0 aliphatic heterocycles. The van der Waals surface area contributed by atoms with Crippen molar-refractivity contribution in [2.45, 2.75) is 6.61 Å². The summed E-state index contributed by atoms with van der Waals surface area (Å²) in [5.74, 6) is 0. The average Bonchev–Trinajstić information content (AvgIpc) is 2.71. The molecule has 3 aromatic carbocycles. The number of halogens is 2. The molecule has 5 nitrogen and oxygen atoms in total. The Kier molecular flexibility index (Phi) is 5.23. The van der Waals surface area contributed by atoms with Crippen molar-refractivity contribution in [3.63, 3.8) is 0 Å². The van der Waals surface area contributed by atoms with Crippen LogP contribution in [-0.2, 0) is 6.61 Å². The van der Waals surface area contributed by atoms with Gasteiger partial charge < -0.3 is 10.0 Å². The van der Waals surface area contributed by atoms with E-state index in [4.69, 9.17) is 16.4 Å². The van der Waals surface area contributed by atoms with Gasteiger partial charge in [0.2, 0.25) is 5.52 Å². The Morgan fingerprint density at radius 3 is 2.43 bits per heavy atom. The van der Waals surface area contributed by atoms with Crippen molar-refractivity contribution < 1.29 is 9.57 Å². The Morgan fingerprint density at radius 2 is 1.68 bits per heavy atom. The predicted octanol–water partition coefficient (Wildman–Crippen LogP) is 4.19. The summed E-state index contributed by atoms with van der Waals surface area (Å²) in [6.45, 7) is 0.186. The smallest absolute Gasteiger partial charge is 0.357 e. The first kappa shape index (κ1) is 18.8. The van der Waals surface area contributed by atoms with Gasteiger partial charge in [0.15, 0.2) is 5.52 Å². The molecule has 0 bridgehead atoms. The Morgan fingerprint density at radius 1 is 1.00 bits per heavy atom. The van der Waals surface area contributed by atoms with Crippen molar-refractivity contribution in [1.82, 2.24) is 4.73 Å². The van der Waals surface area contributed by atoms with Crippen molar-refractivity contribution in [3.05, 3.63) is 103 Å². The summed E-state index contributed by atoms with van der Waals surface area (Å²) in [6, 6.07) is 21.4. The Labute approximate surface area is 179 Å². The molecule has 1 heterocycles. The lowest BCUT2D eigenvalue weighted by atomic mass is 10.1. The number of para-hydroxylation sites is 2. The topological polar surface area (TPSA) is 58.2 Å². The lowest BCUT2D eigenvalue weighted by Gasteiger charge is -2.14. The summed E-state index contributed by atoms with van der Waals surface area (Å²) in [5, 5.41) is 13.3. The van der Waals surface area contributed by atoms with Crippen LogP contribution in [0.4, 0.5) is 0 Å². The highest BCUT2D eigenvalue weighted by molar-refractivity contribution is 14.1. The van der Waals surface area contributed by atoms with Crippen LogP contribution in [0.25, 0.3) is 22.3 Å². The summed E-state index contributed by atoms with van der Waals surface area (Å²) >= 11 is 8.48. The highest BCUT2D eigenvalue weighted by Gasteiger charge is 2.24. The summed E-state index contributed by atoms with van der Waals surface area (Å²) in [7, 11) is 0. The summed E-state index contributed by atoms with van der Waals surface area (Å²) in [5.41, 5.74) is 1.35. The minimum Gasteiger partial charge on any atom is -0.618 e. The monoisotopic (exact) mass is 504 g/mol. The van der Waals surface area contributed by atoms with Gasteiger partial charge in [0.25, 0.3) is 5.69 Å². The predicted molar refractivity (Wildman–Crippen MR) is 117 cm³/mol. The molecule has 140 valence electrons. The molecule has 0 fully saturated rings. The van der Waals surface area contributed by atoms with Crippen LogP contribution in [-0.4, -0.2) is 4.73 Å². The molecule has 0 spiro atoms. The number of hydrogen-bond donors (Lipinski definition) is 0. The molecule has 0 saturated carbocycles. The molecule has 0 saturated heterocycles. The van der Waals surface area contributed by atoms with E-state index in [-0.39, 0.29) is 12.3 Å². The van der Waals surface area contributed by atoms with E-state index in [1.54, 1.807) is 48.5 Å². The van der Waals surface area contributed by atoms with Gasteiger partial charge in [-0.25, -0.2) is 0 Å². The number of benzene rings is 3. The SMILES string of the molecule is O=c1c(-c2ccccc2Cl)[n+]([O-])c2ccccc2n1OCc1ccc(I)cc1. The zero-order chi connectivity index (χ0) is 19.7. The number of nitrogens with zero attached hydrogens (tertiary/aromatic N) is 2. The van der Waals surface area contributed by atoms with Crippen LogP contribution in [0.15, 0.2) is 77.6 Å². The second-order valence-electron chi connectivity index (χ2n) is 6.11. The fourth-order valence-electron chi connectivity index (χ4n) is 2.95. The van der Waals surface area contributed by atoms with Gasteiger partial charge in [-0.3, -0.25) is 4.79 Å². The molecule has 0 unspecified atom stereocenters. The quantitative estimate of drug-likeness (QED) is 0.238. The molecule has 0 atom stereocenters. The normalized spacial score (nSPS) is 10.9. The molecular weight excluding hydrogens is 491 g/mol. The van der Waals surface area contributed by atoms with E-state index in [9.17, 15) is 10.0 Å². The van der Waals surface area contributed by atoms with Crippen LogP contribution in [0.1, 0.15) is 5.56 Å². The van der Waals surface area contributed by atoms with Gasteiger partial charge in [-0.05, 0) is 58.5 Å². The lowest BCUT2D eigenvalue weighted by Crippen LogP contribution is -2.42. The number of hydrogen-bond acceptors (Lipinski definition) is 3. The number of rotatable bonds is 4. The second-order valence-corrected chi connectivity index (χ2v) is 7.76. The van der Waals surface area contributed by atoms with Crippen LogP contribution in [0.2, 0.25) is 5.02 Å².